The van der Waals surface area contributed by atoms with Gasteiger partial charge in [-0.25, -0.2) is 4.79 Å². The Kier molecular flexibility index (Phi) is 6.69. The highest BCUT2D eigenvalue weighted by atomic mass is 16.5. The molecule has 1 aliphatic rings. The number of carbonyl (C=O) groups is 2. The number of hydrogen-bond acceptors (Lipinski definition) is 6. The minimum absolute atomic E-state index is 0.419. The molecule has 1 N–H and O–H groups in total. The molecule has 4 aromatic rings. The monoisotopic (exact) mass is 476 g/mol. The number of benzene rings is 3. The number of pyridine rings is 1. The van der Waals surface area contributed by atoms with Gasteiger partial charge in [-0.3, -0.25) is 14.7 Å². The van der Waals surface area contributed by atoms with Crippen molar-refractivity contribution < 1.29 is 14.3 Å². The van der Waals surface area contributed by atoms with Crippen LogP contribution in [0.4, 0.5) is 5.69 Å². The molecule has 36 heavy (non-hydrogen) atoms. The van der Waals surface area contributed by atoms with Crippen LogP contribution in [0.5, 0.6) is 0 Å². The molecule has 0 bridgehead atoms. The molecule has 0 radical (unpaired) electrons. The third-order valence-electron chi connectivity index (χ3n) is 6.21. The van der Waals surface area contributed by atoms with E-state index in [1.54, 1.807) is 24.3 Å². The van der Waals surface area contributed by atoms with Crippen LogP contribution < -0.4 is 5.32 Å². The number of aromatic nitrogens is 1. The first kappa shape index (κ1) is 23.2. The van der Waals surface area contributed by atoms with E-state index in [1.165, 1.54) is 5.56 Å². The van der Waals surface area contributed by atoms with Gasteiger partial charge in [0.05, 0.1) is 22.7 Å². The number of rotatable bonds is 6. The molecule has 7 heteroatoms. The molecule has 0 saturated carbocycles. The summed E-state index contributed by atoms with van der Waals surface area (Å²) >= 11 is 0. The lowest BCUT2D eigenvalue weighted by Crippen LogP contribution is -2.32. The van der Waals surface area contributed by atoms with Gasteiger partial charge in [0, 0.05) is 48.4 Å². The summed E-state index contributed by atoms with van der Waals surface area (Å²) in [7, 11) is 0. The van der Waals surface area contributed by atoms with E-state index < -0.39 is 18.5 Å². The highest BCUT2D eigenvalue weighted by molar-refractivity contribution is 6.06. The van der Waals surface area contributed by atoms with Crippen molar-refractivity contribution in [2.24, 2.45) is 0 Å². The standard InChI is InChI=1S/C29H24N4O3/c30-16-20-10-12-22(13-11-20)31-27(34)19-36-29(35)28-23-8-4-5-9-25(23)32-26-14-15-33(18-24(26)28)17-21-6-2-1-3-7-21/h1-13H,14-15,17-19H2,(H,31,34). The number of nitrogens with one attached hydrogen (secondary N) is 1. The fourth-order valence-electron chi connectivity index (χ4n) is 4.48. The smallest absolute Gasteiger partial charge is 0.339 e. The Morgan fingerprint density at radius 1 is 1.00 bits per heavy atom. The highest BCUT2D eigenvalue weighted by Gasteiger charge is 2.27. The zero-order chi connectivity index (χ0) is 24.9. The molecule has 3 aromatic carbocycles. The lowest BCUT2D eigenvalue weighted by Gasteiger charge is -2.30. The molecule has 0 unspecified atom stereocenters. The van der Waals surface area contributed by atoms with E-state index in [0.29, 0.717) is 23.4 Å². The number of nitrogens with zero attached hydrogens (tertiary/aromatic N) is 3. The Labute approximate surface area is 208 Å². The van der Waals surface area contributed by atoms with Crippen LogP contribution in [0.3, 0.4) is 0 Å². The van der Waals surface area contributed by atoms with Crippen molar-refractivity contribution in [3.63, 3.8) is 0 Å². The minimum Gasteiger partial charge on any atom is -0.452 e. The Bertz CT molecular complexity index is 1460. The molecule has 1 aliphatic heterocycles. The fraction of sp³-hybridized carbons (Fsp3) is 0.172. The number of ether oxygens (including phenoxy) is 1. The van der Waals surface area contributed by atoms with E-state index in [9.17, 15) is 9.59 Å². The number of fused-ring (bicyclic) bond motifs is 2. The van der Waals surface area contributed by atoms with E-state index in [2.05, 4.69) is 22.3 Å². The second-order valence-electron chi connectivity index (χ2n) is 8.69. The quantitative estimate of drug-likeness (QED) is 0.413. The molecule has 1 aromatic heterocycles. The Balaban J connectivity index is 1.36. The van der Waals surface area contributed by atoms with Gasteiger partial charge in [-0.1, -0.05) is 48.5 Å². The number of hydrogen-bond donors (Lipinski definition) is 1. The summed E-state index contributed by atoms with van der Waals surface area (Å²) in [5.74, 6) is -0.993. The lowest BCUT2D eigenvalue weighted by molar-refractivity contribution is -0.119. The zero-order valence-corrected chi connectivity index (χ0v) is 19.6. The van der Waals surface area contributed by atoms with E-state index in [0.717, 1.165) is 41.7 Å². The van der Waals surface area contributed by atoms with Gasteiger partial charge in [0.25, 0.3) is 5.91 Å². The summed E-state index contributed by atoms with van der Waals surface area (Å²) in [5, 5.41) is 12.3. The van der Waals surface area contributed by atoms with Gasteiger partial charge in [-0.05, 0) is 35.9 Å². The number of nitriles is 1. The van der Waals surface area contributed by atoms with Crippen molar-refractivity contribution >= 4 is 28.5 Å². The van der Waals surface area contributed by atoms with Crippen molar-refractivity contribution in [2.75, 3.05) is 18.5 Å². The first-order valence-corrected chi connectivity index (χ1v) is 11.7. The first-order chi connectivity index (χ1) is 17.6. The predicted octanol–water partition coefficient (Wildman–Crippen LogP) is 4.46. The average Bonchev–Trinajstić information content (AvgIpc) is 2.91. The highest BCUT2D eigenvalue weighted by Crippen LogP contribution is 2.29. The molecule has 178 valence electrons. The van der Waals surface area contributed by atoms with E-state index >= 15 is 0 Å². The largest absolute Gasteiger partial charge is 0.452 e. The second-order valence-corrected chi connectivity index (χ2v) is 8.69. The second kappa shape index (κ2) is 10.4. The van der Waals surface area contributed by atoms with Crippen molar-refractivity contribution in [1.29, 1.82) is 5.26 Å². The van der Waals surface area contributed by atoms with Crippen molar-refractivity contribution in [2.45, 2.75) is 19.5 Å². The van der Waals surface area contributed by atoms with Crippen LogP contribution in [0.25, 0.3) is 10.9 Å². The Morgan fingerprint density at radius 2 is 1.75 bits per heavy atom. The van der Waals surface area contributed by atoms with Crippen LogP contribution in [0.2, 0.25) is 0 Å². The van der Waals surface area contributed by atoms with Crippen LogP contribution in [0.15, 0.2) is 78.9 Å². The van der Waals surface area contributed by atoms with Crippen LogP contribution in [-0.4, -0.2) is 34.9 Å². The van der Waals surface area contributed by atoms with E-state index in [1.807, 2.05) is 48.5 Å². The molecule has 0 aliphatic carbocycles. The van der Waals surface area contributed by atoms with Crippen LogP contribution in [0.1, 0.15) is 32.7 Å². The summed E-state index contributed by atoms with van der Waals surface area (Å²) in [6.45, 7) is 1.77. The van der Waals surface area contributed by atoms with Crippen LogP contribution >= 0.6 is 0 Å². The lowest BCUT2D eigenvalue weighted by atomic mass is 9.95. The maximum absolute atomic E-state index is 13.4. The van der Waals surface area contributed by atoms with Gasteiger partial charge in [-0.2, -0.15) is 5.26 Å². The maximum atomic E-state index is 13.4. The Hall–Kier alpha value is -4.54. The summed E-state index contributed by atoms with van der Waals surface area (Å²) in [4.78, 5) is 32.9. The van der Waals surface area contributed by atoms with E-state index in [-0.39, 0.29) is 0 Å². The first-order valence-electron chi connectivity index (χ1n) is 11.7. The molecule has 0 saturated heterocycles. The van der Waals surface area contributed by atoms with Gasteiger partial charge < -0.3 is 10.1 Å². The van der Waals surface area contributed by atoms with Gasteiger partial charge in [0.15, 0.2) is 6.61 Å². The van der Waals surface area contributed by atoms with Crippen molar-refractivity contribution in [1.82, 2.24) is 9.88 Å². The van der Waals surface area contributed by atoms with Gasteiger partial charge in [0.1, 0.15) is 0 Å². The number of para-hydroxylation sites is 1. The minimum atomic E-state index is -0.540. The third-order valence-corrected chi connectivity index (χ3v) is 6.21. The maximum Gasteiger partial charge on any atom is 0.339 e. The Morgan fingerprint density at radius 3 is 2.53 bits per heavy atom. The normalized spacial score (nSPS) is 13.0. The van der Waals surface area contributed by atoms with Gasteiger partial charge in [-0.15, -0.1) is 0 Å². The molecule has 5 rings (SSSR count). The summed E-state index contributed by atoms with van der Waals surface area (Å²) in [5.41, 5.74) is 5.19. The number of anilines is 1. The summed E-state index contributed by atoms with van der Waals surface area (Å²) in [6.07, 6.45) is 0.729. The topological polar surface area (TPSA) is 95.3 Å². The van der Waals surface area contributed by atoms with Crippen LogP contribution in [0, 0.1) is 11.3 Å². The van der Waals surface area contributed by atoms with Gasteiger partial charge in [0.2, 0.25) is 0 Å². The number of esters is 1. The summed E-state index contributed by atoms with van der Waals surface area (Å²) < 4.78 is 5.49. The third kappa shape index (κ3) is 5.09. The van der Waals surface area contributed by atoms with Crippen molar-refractivity contribution in [3.8, 4) is 6.07 Å². The van der Waals surface area contributed by atoms with Crippen molar-refractivity contribution in [3.05, 3.63) is 107 Å². The number of amides is 1. The van der Waals surface area contributed by atoms with Crippen LogP contribution in [-0.2, 0) is 29.0 Å². The molecule has 1 amide bonds. The molecule has 0 atom stereocenters. The zero-order valence-electron chi connectivity index (χ0n) is 19.6. The van der Waals surface area contributed by atoms with E-state index in [4.69, 9.17) is 15.0 Å². The average molecular weight is 477 g/mol. The summed E-state index contributed by atoms with van der Waals surface area (Å²) in [6, 6.07) is 26.3. The van der Waals surface area contributed by atoms with Gasteiger partial charge >= 0.3 is 5.97 Å². The molecule has 0 fully saturated rings. The molecule has 0 spiro atoms. The number of carbonyl (C=O) groups excluding carboxylic acids is 2. The molecular formula is C29H24N4O3. The molecule has 2 heterocycles. The SMILES string of the molecule is N#Cc1ccc(NC(=O)COC(=O)c2c3c(nc4ccccc24)CCN(Cc2ccccc2)C3)cc1. The predicted molar refractivity (Wildman–Crippen MR) is 136 cm³/mol. The fourth-order valence-corrected chi connectivity index (χ4v) is 4.48. The molecule has 7 nitrogen and oxygen atoms in total. The molecular weight excluding hydrogens is 452 g/mol.